The molecular weight excluding hydrogens is 616 g/mol. The van der Waals surface area contributed by atoms with Gasteiger partial charge in [-0.1, -0.05) is 5.92 Å². The zero-order valence-corrected chi connectivity index (χ0v) is 22.9. The van der Waals surface area contributed by atoms with E-state index in [-0.39, 0.29) is 23.7 Å². The number of nitrogens with zero attached hydrogens (tertiary/aromatic N) is 3. The van der Waals surface area contributed by atoms with Crippen LogP contribution in [0.25, 0.3) is 11.2 Å². The summed E-state index contributed by atoms with van der Waals surface area (Å²) in [4.78, 5) is 42.0. The Kier molecular flexibility index (Phi) is 9.86. The minimum absolute atomic E-state index is 0.113. The maximum Gasteiger partial charge on any atom is 0.483 e. The van der Waals surface area contributed by atoms with E-state index in [9.17, 15) is 49.2 Å². The summed E-state index contributed by atoms with van der Waals surface area (Å²) in [7, 11) is -11.1. The number of H-pyrrole nitrogens is 1. The van der Waals surface area contributed by atoms with Gasteiger partial charge in [0.25, 0.3) is 5.56 Å². The summed E-state index contributed by atoms with van der Waals surface area (Å²) >= 11 is 0. The third-order valence-corrected chi connectivity index (χ3v) is 8.64. The van der Waals surface area contributed by atoms with E-state index < -0.39 is 89.7 Å². The molecule has 234 valence electrons. The molecule has 23 heteroatoms. The minimum Gasteiger partial charge on any atom is -0.387 e. The lowest BCUT2D eigenvalue weighted by atomic mass is 9.99. The van der Waals surface area contributed by atoms with Gasteiger partial charge in [-0.05, 0) is 0 Å². The summed E-state index contributed by atoms with van der Waals surface area (Å²) in [6, 6.07) is 0. The van der Waals surface area contributed by atoms with Crippen molar-refractivity contribution in [3.63, 3.8) is 0 Å². The molecule has 2 fully saturated rings. The Morgan fingerprint density at radius 2 is 1.69 bits per heavy atom. The molecule has 10 N–H and O–H groups in total. The maximum atomic E-state index is 12.4. The first-order chi connectivity index (χ1) is 19.6. The van der Waals surface area contributed by atoms with Crippen LogP contribution < -0.4 is 11.3 Å². The molecule has 11 atom stereocenters. The number of phosphoric ester groups is 2. The van der Waals surface area contributed by atoms with Gasteiger partial charge in [0.1, 0.15) is 49.3 Å². The largest absolute Gasteiger partial charge is 0.483 e. The van der Waals surface area contributed by atoms with Gasteiger partial charge in [-0.25, -0.2) is 14.1 Å². The van der Waals surface area contributed by atoms with Crippen LogP contribution in [0.1, 0.15) is 6.23 Å². The molecule has 0 radical (unpaired) electrons. The second kappa shape index (κ2) is 12.7. The quantitative estimate of drug-likeness (QED) is 0.0640. The van der Waals surface area contributed by atoms with Gasteiger partial charge in [0.15, 0.2) is 23.7 Å². The van der Waals surface area contributed by atoms with Crippen LogP contribution in [0.15, 0.2) is 11.1 Å². The molecule has 42 heavy (non-hydrogen) atoms. The van der Waals surface area contributed by atoms with Crippen LogP contribution in [0.4, 0.5) is 5.95 Å². The van der Waals surface area contributed by atoms with Crippen LogP contribution in [-0.2, 0) is 36.7 Å². The lowest BCUT2D eigenvalue weighted by Crippen LogP contribution is -2.59. The van der Waals surface area contributed by atoms with E-state index in [4.69, 9.17) is 26.4 Å². The lowest BCUT2D eigenvalue weighted by Gasteiger charge is -2.40. The number of ether oxygens (including phenoxy) is 3. The van der Waals surface area contributed by atoms with Gasteiger partial charge < -0.3 is 55.3 Å². The number of anilines is 1. The van der Waals surface area contributed by atoms with Crippen molar-refractivity contribution in [3.05, 3.63) is 16.7 Å². The first-order valence-corrected chi connectivity index (χ1v) is 14.8. The SMILES string of the molecule is C#CCOCC1OC(OP(=O)(O)OP(=O)(O)OCC2OC(n3cnc4c(=O)[nH]c(N)nc43)C(O)C2O)C(O)C(O)C1O. The number of nitrogens with one attached hydrogen (secondary N) is 1. The summed E-state index contributed by atoms with van der Waals surface area (Å²) in [5.41, 5.74) is 4.56. The predicted molar refractivity (Wildman–Crippen MR) is 133 cm³/mol. The number of nitrogens with two attached hydrogens (primary N) is 1. The number of rotatable bonds is 11. The molecule has 0 saturated carbocycles. The number of hydrogen-bond donors (Lipinski definition) is 9. The Labute approximate surface area is 234 Å². The van der Waals surface area contributed by atoms with Crippen molar-refractivity contribution in [2.45, 2.75) is 55.2 Å². The molecule has 2 aliphatic rings. The van der Waals surface area contributed by atoms with Gasteiger partial charge in [0, 0.05) is 0 Å². The van der Waals surface area contributed by atoms with Crippen molar-refractivity contribution in [1.29, 1.82) is 0 Å². The molecule has 0 spiro atoms. The van der Waals surface area contributed by atoms with Crippen LogP contribution in [-0.4, -0.2) is 124 Å². The molecule has 4 heterocycles. The smallest absolute Gasteiger partial charge is 0.387 e. The molecule has 2 aliphatic heterocycles. The third-order valence-electron chi connectivity index (χ3n) is 6.04. The first-order valence-electron chi connectivity index (χ1n) is 11.8. The van der Waals surface area contributed by atoms with E-state index in [1.165, 1.54) is 0 Å². The zero-order chi connectivity index (χ0) is 31.0. The molecule has 21 nitrogen and oxygen atoms in total. The van der Waals surface area contributed by atoms with Crippen LogP contribution in [0, 0.1) is 12.3 Å². The van der Waals surface area contributed by atoms with Crippen molar-refractivity contribution in [3.8, 4) is 12.3 Å². The minimum atomic E-state index is -5.61. The summed E-state index contributed by atoms with van der Waals surface area (Å²) in [6.07, 6.45) is -9.68. The Morgan fingerprint density at radius 3 is 2.38 bits per heavy atom. The van der Waals surface area contributed by atoms with Gasteiger partial charge in [0.2, 0.25) is 5.95 Å². The molecule has 11 unspecified atom stereocenters. The van der Waals surface area contributed by atoms with Gasteiger partial charge >= 0.3 is 15.6 Å². The van der Waals surface area contributed by atoms with Gasteiger partial charge in [-0.2, -0.15) is 9.29 Å². The number of fused-ring (bicyclic) bond motifs is 1. The normalized spacial score (nSPS) is 34.6. The fourth-order valence-electron chi connectivity index (χ4n) is 4.07. The molecule has 2 saturated heterocycles. The first kappa shape index (κ1) is 32.6. The number of aliphatic hydroxyl groups is 5. The molecular formula is C19H27N5O16P2. The number of phosphoric acid groups is 2. The second-order valence-corrected chi connectivity index (χ2v) is 12.0. The lowest BCUT2D eigenvalue weighted by molar-refractivity contribution is -0.282. The van der Waals surface area contributed by atoms with Gasteiger partial charge in [-0.3, -0.25) is 23.4 Å². The van der Waals surface area contributed by atoms with E-state index in [0.717, 1.165) is 10.9 Å². The number of nitrogen functional groups attached to an aromatic ring is 1. The molecule has 2 aromatic rings. The molecule has 0 amide bonds. The van der Waals surface area contributed by atoms with E-state index in [0.29, 0.717) is 0 Å². The summed E-state index contributed by atoms with van der Waals surface area (Å²) in [6.45, 7) is -1.64. The highest BCUT2D eigenvalue weighted by Crippen LogP contribution is 2.61. The number of aromatic amines is 1. The van der Waals surface area contributed by atoms with Crippen molar-refractivity contribution in [1.82, 2.24) is 19.5 Å². The van der Waals surface area contributed by atoms with Crippen LogP contribution >= 0.6 is 15.6 Å². The Morgan fingerprint density at radius 1 is 1.02 bits per heavy atom. The molecule has 4 rings (SSSR count). The van der Waals surface area contributed by atoms with Gasteiger partial charge in [0.05, 0.1) is 19.5 Å². The van der Waals surface area contributed by atoms with Crippen molar-refractivity contribution in [2.75, 3.05) is 25.6 Å². The Balaban J connectivity index is 1.38. The van der Waals surface area contributed by atoms with E-state index >= 15 is 0 Å². The average molecular weight is 643 g/mol. The topological polar surface area (TPSA) is 321 Å². The molecule has 0 aliphatic carbocycles. The summed E-state index contributed by atoms with van der Waals surface area (Å²) in [5.74, 6) is 1.86. The van der Waals surface area contributed by atoms with E-state index in [2.05, 4.69) is 34.2 Å². The van der Waals surface area contributed by atoms with Crippen LogP contribution in [0.3, 0.4) is 0 Å². The number of aromatic nitrogens is 4. The van der Waals surface area contributed by atoms with Crippen molar-refractivity contribution in [2.24, 2.45) is 0 Å². The predicted octanol–water partition coefficient (Wildman–Crippen LogP) is -3.97. The third kappa shape index (κ3) is 7.06. The van der Waals surface area contributed by atoms with Crippen molar-refractivity contribution >= 4 is 32.8 Å². The summed E-state index contributed by atoms with van der Waals surface area (Å²) < 4.78 is 54.9. The molecule has 0 aromatic carbocycles. The molecule has 0 bridgehead atoms. The van der Waals surface area contributed by atoms with E-state index in [1.807, 2.05) is 0 Å². The fraction of sp³-hybridized carbons (Fsp3) is 0.632. The summed E-state index contributed by atoms with van der Waals surface area (Å²) in [5, 5.41) is 50.9. The monoisotopic (exact) mass is 643 g/mol. The highest BCUT2D eigenvalue weighted by molar-refractivity contribution is 7.61. The number of aliphatic hydroxyl groups excluding tert-OH is 5. The highest BCUT2D eigenvalue weighted by atomic mass is 31.3. The number of imidazole rings is 1. The zero-order valence-electron chi connectivity index (χ0n) is 21.1. The average Bonchev–Trinajstić information content (AvgIpc) is 3.44. The Hall–Kier alpha value is -2.35. The molecule has 2 aromatic heterocycles. The van der Waals surface area contributed by atoms with Crippen LogP contribution in [0.2, 0.25) is 0 Å². The number of terminal acetylenes is 1. The second-order valence-electron chi connectivity index (χ2n) is 8.98. The number of hydrogen-bond acceptors (Lipinski definition) is 17. The highest BCUT2D eigenvalue weighted by Gasteiger charge is 2.50. The van der Waals surface area contributed by atoms with Crippen LogP contribution in [0.5, 0.6) is 0 Å². The Bertz CT molecular complexity index is 1460. The van der Waals surface area contributed by atoms with E-state index in [1.54, 1.807) is 0 Å². The van der Waals surface area contributed by atoms with Crippen molar-refractivity contribution < 1.29 is 72.0 Å². The van der Waals surface area contributed by atoms with Gasteiger partial charge in [-0.15, -0.1) is 6.42 Å². The fourth-order valence-corrected chi connectivity index (χ4v) is 6.23. The maximum absolute atomic E-state index is 12.4. The standard InChI is InChI=1S/C19H27N5O16P2/c1-2-3-35-4-7-10(25)12(27)14(29)18(38-7)39-42(33,34)40-41(31,32)36-5-8-11(26)13(28)17(37-8)24-6-21-9-15(24)22-19(20)23-16(9)30/h1,6-8,10-14,17-18,25-29H,3-5H2,(H,31,32)(H,33,34)(H3,20,22,23,30).